The van der Waals surface area contributed by atoms with Gasteiger partial charge in [-0.3, -0.25) is 0 Å². The van der Waals surface area contributed by atoms with Gasteiger partial charge < -0.3 is 10.1 Å². The predicted molar refractivity (Wildman–Crippen MR) is 82.6 cm³/mol. The summed E-state index contributed by atoms with van der Waals surface area (Å²) in [7, 11) is 1.87. The summed E-state index contributed by atoms with van der Waals surface area (Å²) in [5.41, 5.74) is 1.65. The molecular weight excluding hydrogens is 345 g/mol. The lowest BCUT2D eigenvalue weighted by Gasteiger charge is -2.12. The molecule has 0 atom stereocenters. The summed E-state index contributed by atoms with van der Waals surface area (Å²) >= 11 is 9.45. The molecule has 2 rings (SSSR count). The minimum atomic E-state index is -0.320. The molecule has 20 heavy (non-hydrogen) atoms. The van der Waals surface area contributed by atoms with Crippen LogP contribution < -0.4 is 10.1 Å². The van der Waals surface area contributed by atoms with E-state index in [0.717, 1.165) is 15.8 Å². The second-order valence-corrected chi connectivity index (χ2v) is 5.63. The summed E-state index contributed by atoms with van der Waals surface area (Å²) in [6, 6.07) is 10.0. The van der Waals surface area contributed by atoms with E-state index in [0.29, 0.717) is 17.1 Å². The number of rotatable bonds is 5. The monoisotopic (exact) mass is 357 g/mol. The molecule has 0 aromatic heterocycles. The Hall–Kier alpha value is -1.10. The Labute approximate surface area is 131 Å². The molecule has 0 saturated carbocycles. The standard InChI is InChI=1S/C15H14BrClFNO/c1-19-8-10-6-12(16)2-5-15(10)20-9-11-7-13(18)3-4-14(11)17/h2-7,19H,8-9H2,1H3. The first-order valence-corrected chi connectivity index (χ1v) is 7.27. The van der Waals surface area contributed by atoms with E-state index in [1.807, 2.05) is 25.2 Å². The molecule has 0 aliphatic carbocycles. The molecule has 2 nitrogen and oxygen atoms in total. The number of ether oxygens (including phenoxy) is 1. The molecular formula is C15H14BrClFNO. The number of halogens is 3. The van der Waals surface area contributed by atoms with E-state index >= 15 is 0 Å². The number of hydrogen-bond donors (Lipinski definition) is 1. The molecule has 0 radical (unpaired) electrons. The summed E-state index contributed by atoms with van der Waals surface area (Å²) < 4.78 is 19.9. The molecule has 106 valence electrons. The highest BCUT2D eigenvalue weighted by atomic mass is 79.9. The van der Waals surface area contributed by atoms with Crippen molar-refractivity contribution in [1.82, 2.24) is 5.32 Å². The second-order valence-electron chi connectivity index (χ2n) is 4.31. The third-order valence-corrected chi connectivity index (χ3v) is 3.64. The van der Waals surface area contributed by atoms with E-state index in [9.17, 15) is 4.39 Å². The van der Waals surface area contributed by atoms with Crippen molar-refractivity contribution < 1.29 is 9.13 Å². The van der Waals surface area contributed by atoms with Crippen LogP contribution in [0.25, 0.3) is 0 Å². The van der Waals surface area contributed by atoms with Crippen LogP contribution >= 0.6 is 27.5 Å². The molecule has 0 bridgehead atoms. The molecule has 0 saturated heterocycles. The Morgan fingerprint density at radius 3 is 2.75 bits per heavy atom. The van der Waals surface area contributed by atoms with Crippen LogP contribution in [0.1, 0.15) is 11.1 Å². The van der Waals surface area contributed by atoms with Crippen LogP contribution in [0.3, 0.4) is 0 Å². The summed E-state index contributed by atoms with van der Waals surface area (Å²) in [5.74, 6) is 0.433. The van der Waals surface area contributed by atoms with Crippen LogP contribution in [0, 0.1) is 5.82 Å². The lowest BCUT2D eigenvalue weighted by atomic mass is 10.2. The Morgan fingerprint density at radius 1 is 1.20 bits per heavy atom. The maximum Gasteiger partial charge on any atom is 0.124 e. The van der Waals surface area contributed by atoms with E-state index in [4.69, 9.17) is 16.3 Å². The van der Waals surface area contributed by atoms with Crippen LogP contribution in [-0.4, -0.2) is 7.05 Å². The smallest absolute Gasteiger partial charge is 0.124 e. The van der Waals surface area contributed by atoms with Crippen molar-refractivity contribution in [3.05, 3.63) is 62.8 Å². The lowest BCUT2D eigenvalue weighted by molar-refractivity contribution is 0.302. The second kappa shape index (κ2) is 7.07. The Balaban J connectivity index is 2.16. The molecule has 1 N–H and O–H groups in total. The van der Waals surface area contributed by atoms with Crippen LogP contribution in [0.15, 0.2) is 40.9 Å². The van der Waals surface area contributed by atoms with Gasteiger partial charge in [-0.2, -0.15) is 0 Å². The van der Waals surface area contributed by atoms with E-state index in [2.05, 4.69) is 21.2 Å². The van der Waals surface area contributed by atoms with Gasteiger partial charge in [-0.1, -0.05) is 27.5 Å². The van der Waals surface area contributed by atoms with Gasteiger partial charge in [0.05, 0.1) is 0 Å². The molecule has 0 heterocycles. The zero-order chi connectivity index (χ0) is 14.5. The van der Waals surface area contributed by atoms with Gasteiger partial charge in [-0.05, 0) is 43.4 Å². The largest absolute Gasteiger partial charge is 0.489 e. The molecule has 0 amide bonds. The fourth-order valence-corrected chi connectivity index (χ4v) is 2.41. The maximum absolute atomic E-state index is 13.2. The van der Waals surface area contributed by atoms with Gasteiger partial charge in [0.25, 0.3) is 0 Å². The van der Waals surface area contributed by atoms with Crippen molar-refractivity contribution in [3.63, 3.8) is 0 Å². The Bertz CT molecular complexity index is 606. The molecule has 0 unspecified atom stereocenters. The third-order valence-electron chi connectivity index (χ3n) is 2.78. The van der Waals surface area contributed by atoms with Crippen LogP contribution in [0.2, 0.25) is 5.02 Å². The quantitative estimate of drug-likeness (QED) is 0.847. The van der Waals surface area contributed by atoms with E-state index in [1.165, 1.54) is 18.2 Å². The van der Waals surface area contributed by atoms with E-state index in [-0.39, 0.29) is 12.4 Å². The average Bonchev–Trinajstić information content (AvgIpc) is 2.42. The van der Waals surface area contributed by atoms with Crippen molar-refractivity contribution in [3.8, 4) is 5.75 Å². The SMILES string of the molecule is CNCc1cc(Br)ccc1OCc1cc(F)ccc1Cl. The number of nitrogens with one attached hydrogen (secondary N) is 1. The fourth-order valence-electron chi connectivity index (χ4n) is 1.83. The summed E-state index contributed by atoms with van der Waals surface area (Å²) in [6.07, 6.45) is 0. The van der Waals surface area contributed by atoms with Gasteiger partial charge in [-0.25, -0.2) is 4.39 Å². The van der Waals surface area contributed by atoms with Crippen molar-refractivity contribution in [2.24, 2.45) is 0 Å². The van der Waals surface area contributed by atoms with Gasteiger partial charge in [0.2, 0.25) is 0 Å². The predicted octanol–water partition coefficient (Wildman–Crippen LogP) is 4.54. The molecule has 0 aliphatic rings. The van der Waals surface area contributed by atoms with Crippen molar-refractivity contribution in [2.45, 2.75) is 13.2 Å². The molecule has 2 aromatic carbocycles. The van der Waals surface area contributed by atoms with Crippen LogP contribution in [0.4, 0.5) is 4.39 Å². The van der Waals surface area contributed by atoms with Crippen LogP contribution in [-0.2, 0) is 13.2 Å². The zero-order valence-electron chi connectivity index (χ0n) is 10.9. The van der Waals surface area contributed by atoms with E-state index < -0.39 is 0 Å². The van der Waals surface area contributed by atoms with Gasteiger partial charge in [0.1, 0.15) is 18.2 Å². The van der Waals surface area contributed by atoms with Gasteiger partial charge in [0.15, 0.2) is 0 Å². The van der Waals surface area contributed by atoms with Crippen LogP contribution in [0.5, 0.6) is 5.75 Å². The highest BCUT2D eigenvalue weighted by Gasteiger charge is 2.07. The van der Waals surface area contributed by atoms with E-state index in [1.54, 1.807) is 0 Å². The Kier molecular flexibility index (Phi) is 5.40. The fraction of sp³-hybridized carbons (Fsp3) is 0.200. The number of hydrogen-bond acceptors (Lipinski definition) is 2. The summed E-state index contributed by atoms with van der Waals surface area (Å²) in [4.78, 5) is 0. The normalized spacial score (nSPS) is 10.6. The Morgan fingerprint density at radius 2 is 2.00 bits per heavy atom. The number of benzene rings is 2. The third kappa shape index (κ3) is 3.95. The maximum atomic E-state index is 13.2. The first-order chi connectivity index (χ1) is 9.60. The highest BCUT2D eigenvalue weighted by Crippen LogP contribution is 2.25. The zero-order valence-corrected chi connectivity index (χ0v) is 13.3. The molecule has 5 heteroatoms. The van der Waals surface area contributed by atoms with Gasteiger partial charge >= 0.3 is 0 Å². The summed E-state index contributed by atoms with van der Waals surface area (Å²) in [6.45, 7) is 0.917. The molecule has 0 spiro atoms. The molecule has 0 fully saturated rings. The summed E-state index contributed by atoms with van der Waals surface area (Å²) in [5, 5.41) is 3.58. The lowest BCUT2D eigenvalue weighted by Crippen LogP contribution is -2.08. The molecule has 2 aromatic rings. The topological polar surface area (TPSA) is 21.3 Å². The van der Waals surface area contributed by atoms with Gasteiger partial charge in [-0.15, -0.1) is 0 Å². The van der Waals surface area contributed by atoms with Crippen molar-refractivity contribution >= 4 is 27.5 Å². The highest BCUT2D eigenvalue weighted by molar-refractivity contribution is 9.10. The minimum absolute atomic E-state index is 0.231. The average molecular weight is 359 g/mol. The first-order valence-electron chi connectivity index (χ1n) is 6.10. The minimum Gasteiger partial charge on any atom is -0.489 e. The van der Waals surface area contributed by atoms with Crippen molar-refractivity contribution in [2.75, 3.05) is 7.05 Å². The van der Waals surface area contributed by atoms with Crippen molar-refractivity contribution in [1.29, 1.82) is 0 Å². The first kappa shape index (κ1) is 15.3. The van der Waals surface area contributed by atoms with Gasteiger partial charge in [0, 0.05) is 27.2 Å². The molecule has 0 aliphatic heterocycles.